The minimum atomic E-state index is 0. The fourth-order valence-electron chi connectivity index (χ4n) is 2.35. The van der Waals surface area contributed by atoms with Crippen molar-refractivity contribution in [2.24, 2.45) is 0 Å². The van der Waals surface area contributed by atoms with Gasteiger partial charge in [0.25, 0.3) is 5.91 Å². The highest BCUT2D eigenvalue weighted by Gasteiger charge is 2.21. The van der Waals surface area contributed by atoms with E-state index in [4.69, 9.17) is 0 Å². The third-order valence-electron chi connectivity index (χ3n) is 3.50. The van der Waals surface area contributed by atoms with Crippen molar-refractivity contribution in [3.63, 3.8) is 0 Å². The molecular weight excluding hydrogens is 375 g/mol. The molecule has 0 saturated carbocycles. The van der Waals surface area contributed by atoms with Gasteiger partial charge in [0.1, 0.15) is 0 Å². The van der Waals surface area contributed by atoms with Crippen LogP contribution in [0.5, 0.6) is 0 Å². The summed E-state index contributed by atoms with van der Waals surface area (Å²) >= 11 is 2.25. The average molecular weight is 395 g/mol. The predicted molar refractivity (Wildman–Crippen MR) is 89.0 cm³/mol. The third-order valence-corrected chi connectivity index (χ3v) is 4.22. The summed E-state index contributed by atoms with van der Waals surface area (Å²) in [4.78, 5) is 14.3. The number of nitrogens with one attached hydrogen (secondary N) is 1. The van der Waals surface area contributed by atoms with Gasteiger partial charge in [0, 0.05) is 22.2 Å². The van der Waals surface area contributed by atoms with Crippen LogP contribution in [0.3, 0.4) is 0 Å². The van der Waals surface area contributed by atoms with Gasteiger partial charge in [-0.2, -0.15) is 0 Å². The number of hydrogen-bond acceptors (Lipinski definition) is 2. The minimum absolute atomic E-state index is 0. The molecule has 1 atom stereocenters. The predicted octanol–water partition coefficient (Wildman–Crippen LogP) is 2.93. The zero-order valence-electron chi connectivity index (χ0n) is 11.1. The van der Waals surface area contributed by atoms with Crippen molar-refractivity contribution >= 4 is 40.9 Å². The molecule has 0 radical (unpaired) electrons. The molecule has 0 spiro atoms. The highest BCUT2D eigenvalue weighted by Crippen LogP contribution is 2.15. The van der Waals surface area contributed by atoms with Gasteiger partial charge < -0.3 is 10.2 Å². The van der Waals surface area contributed by atoms with Crippen molar-refractivity contribution in [3.05, 3.63) is 33.4 Å². The van der Waals surface area contributed by atoms with Crippen molar-refractivity contribution < 1.29 is 4.79 Å². The summed E-state index contributed by atoms with van der Waals surface area (Å²) in [5.41, 5.74) is 0.787. The topological polar surface area (TPSA) is 32.3 Å². The quantitative estimate of drug-likeness (QED) is 0.782. The maximum absolute atomic E-state index is 12.4. The molecule has 1 amide bonds. The van der Waals surface area contributed by atoms with E-state index in [0.717, 1.165) is 41.5 Å². The van der Waals surface area contributed by atoms with Gasteiger partial charge in [-0.15, -0.1) is 12.4 Å². The van der Waals surface area contributed by atoms with E-state index in [9.17, 15) is 4.79 Å². The Balaban J connectivity index is 0.00000180. The summed E-state index contributed by atoms with van der Waals surface area (Å²) in [5, 5.41) is 3.38. The standard InChI is InChI=1S/C14H19IN2O.ClH/c1-17(13-3-2-9-16-10-8-13)14(18)11-4-6-12(15)7-5-11;/h4-7,13,16H,2-3,8-10H2,1H3;1H. The van der Waals surface area contributed by atoms with E-state index in [1.165, 1.54) is 0 Å². The Bertz CT molecular complexity index is 402. The van der Waals surface area contributed by atoms with Crippen LogP contribution < -0.4 is 5.32 Å². The van der Waals surface area contributed by atoms with Crippen molar-refractivity contribution in [2.75, 3.05) is 20.1 Å². The Morgan fingerprint density at radius 1 is 1.26 bits per heavy atom. The fraction of sp³-hybridized carbons (Fsp3) is 0.500. The van der Waals surface area contributed by atoms with Crippen LogP contribution in [-0.2, 0) is 0 Å². The van der Waals surface area contributed by atoms with Gasteiger partial charge in [0.05, 0.1) is 0 Å². The molecule has 1 fully saturated rings. The van der Waals surface area contributed by atoms with Crippen LogP contribution in [0, 0.1) is 3.57 Å². The average Bonchev–Trinajstić information content (AvgIpc) is 2.67. The highest BCUT2D eigenvalue weighted by molar-refractivity contribution is 14.1. The van der Waals surface area contributed by atoms with Crippen LogP contribution in [0.25, 0.3) is 0 Å². The molecule has 19 heavy (non-hydrogen) atoms. The van der Waals surface area contributed by atoms with Crippen molar-refractivity contribution in [1.29, 1.82) is 0 Å². The Kier molecular flexibility index (Phi) is 7.10. The summed E-state index contributed by atoms with van der Waals surface area (Å²) in [7, 11) is 1.93. The molecule has 5 heteroatoms. The molecule has 106 valence electrons. The van der Waals surface area contributed by atoms with Gasteiger partial charge in [0.2, 0.25) is 0 Å². The van der Waals surface area contributed by atoms with Gasteiger partial charge in [-0.05, 0) is 79.2 Å². The largest absolute Gasteiger partial charge is 0.339 e. The van der Waals surface area contributed by atoms with Gasteiger partial charge in [-0.3, -0.25) is 4.79 Å². The molecule has 1 aliphatic heterocycles. The molecule has 3 nitrogen and oxygen atoms in total. The first kappa shape index (κ1) is 16.7. The van der Waals surface area contributed by atoms with E-state index < -0.39 is 0 Å². The molecule has 1 saturated heterocycles. The number of carbonyl (C=O) groups excluding carboxylic acids is 1. The lowest BCUT2D eigenvalue weighted by atomic mass is 10.1. The van der Waals surface area contributed by atoms with Gasteiger partial charge >= 0.3 is 0 Å². The lowest BCUT2D eigenvalue weighted by Gasteiger charge is -2.27. The van der Waals surface area contributed by atoms with Crippen molar-refractivity contribution in [1.82, 2.24) is 10.2 Å². The number of nitrogens with zero attached hydrogens (tertiary/aromatic N) is 1. The number of rotatable bonds is 2. The molecular formula is C14H20ClIN2O. The molecule has 1 aromatic carbocycles. The van der Waals surface area contributed by atoms with E-state index in [0.29, 0.717) is 6.04 Å². The Hall–Kier alpha value is -0.330. The normalized spacial score (nSPS) is 19.2. The van der Waals surface area contributed by atoms with Gasteiger partial charge in [-0.25, -0.2) is 0 Å². The second-order valence-corrected chi connectivity index (χ2v) is 6.00. The second kappa shape index (κ2) is 8.07. The fourth-order valence-corrected chi connectivity index (χ4v) is 2.71. The van der Waals surface area contributed by atoms with Crippen molar-refractivity contribution in [3.8, 4) is 0 Å². The van der Waals surface area contributed by atoms with Crippen LogP contribution >= 0.6 is 35.0 Å². The first-order valence-corrected chi connectivity index (χ1v) is 7.50. The van der Waals surface area contributed by atoms with Crippen LogP contribution in [0.1, 0.15) is 29.6 Å². The molecule has 2 rings (SSSR count). The molecule has 1 unspecified atom stereocenters. The monoisotopic (exact) mass is 394 g/mol. The van der Waals surface area contributed by atoms with E-state index >= 15 is 0 Å². The zero-order valence-corrected chi connectivity index (χ0v) is 14.0. The summed E-state index contributed by atoms with van der Waals surface area (Å²) < 4.78 is 1.16. The summed E-state index contributed by atoms with van der Waals surface area (Å²) in [5.74, 6) is 0.137. The summed E-state index contributed by atoms with van der Waals surface area (Å²) in [6.07, 6.45) is 3.29. The molecule has 0 aliphatic carbocycles. The Morgan fingerprint density at radius 2 is 1.95 bits per heavy atom. The highest BCUT2D eigenvalue weighted by atomic mass is 127. The zero-order chi connectivity index (χ0) is 13.0. The van der Waals surface area contributed by atoms with E-state index in [1.54, 1.807) is 0 Å². The summed E-state index contributed by atoms with van der Waals surface area (Å²) in [6.45, 7) is 2.08. The molecule has 0 aromatic heterocycles. The Labute approximate surface area is 134 Å². The number of hydrogen-bond donors (Lipinski definition) is 1. The smallest absolute Gasteiger partial charge is 0.253 e. The van der Waals surface area contributed by atoms with Crippen LogP contribution in [0.4, 0.5) is 0 Å². The van der Waals surface area contributed by atoms with E-state index in [1.807, 2.05) is 36.2 Å². The van der Waals surface area contributed by atoms with Crippen LogP contribution in [0.15, 0.2) is 24.3 Å². The lowest BCUT2D eigenvalue weighted by Crippen LogP contribution is -2.37. The van der Waals surface area contributed by atoms with E-state index in [-0.39, 0.29) is 18.3 Å². The van der Waals surface area contributed by atoms with Crippen LogP contribution in [0.2, 0.25) is 0 Å². The lowest BCUT2D eigenvalue weighted by molar-refractivity contribution is 0.0720. The minimum Gasteiger partial charge on any atom is -0.339 e. The SMILES string of the molecule is CN(C(=O)c1ccc(I)cc1)C1CCCNCC1.Cl. The second-order valence-electron chi connectivity index (χ2n) is 4.76. The van der Waals surface area contributed by atoms with Gasteiger partial charge in [0.15, 0.2) is 0 Å². The number of amides is 1. The van der Waals surface area contributed by atoms with Crippen LogP contribution in [-0.4, -0.2) is 37.0 Å². The Morgan fingerprint density at radius 3 is 2.63 bits per heavy atom. The van der Waals surface area contributed by atoms with Crippen molar-refractivity contribution in [2.45, 2.75) is 25.3 Å². The molecule has 1 aromatic rings. The number of carbonyl (C=O) groups is 1. The summed E-state index contributed by atoms with van der Waals surface area (Å²) in [6, 6.07) is 8.16. The first-order chi connectivity index (χ1) is 8.68. The number of halogens is 2. The third kappa shape index (κ3) is 4.61. The molecule has 0 bridgehead atoms. The van der Waals surface area contributed by atoms with E-state index in [2.05, 4.69) is 27.9 Å². The maximum Gasteiger partial charge on any atom is 0.253 e. The first-order valence-electron chi connectivity index (χ1n) is 6.42. The molecule has 1 N–H and O–H groups in total. The molecule has 1 heterocycles. The molecule has 1 aliphatic rings. The van der Waals surface area contributed by atoms with Gasteiger partial charge in [-0.1, -0.05) is 0 Å². The maximum atomic E-state index is 12.4. The number of benzene rings is 1.